The Hall–Kier alpha value is -1.27. The molecule has 1 fully saturated rings. The van der Waals surface area contributed by atoms with Gasteiger partial charge in [-0.3, -0.25) is 4.79 Å². The molecule has 4 nitrogen and oxygen atoms in total. The van der Waals surface area contributed by atoms with Gasteiger partial charge in [0.05, 0.1) is 15.2 Å². The van der Waals surface area contributed by atoms with Crippen molar-refractivity contribution in [2.45, 2.75) is 6.42 Å². The van der Waals surface area contributed by atoms with E-state index in [1.807, 2.05) is 29.2 Å². The van der Waals surface area contributed by atoms with E-state index < -0.39 is 0 Å². The van der Waals surface area contributed by atoms with Crippen molar-refractivity contribution >= 4 is 38.9 Å². The minimum absolute atomic E-state index is 0.267. The zero-order valence-electron chi connectivity index (χ0n) is 9.47. The van der Waals surface area contributed by atoms with E-state index >= 15 is 0 Å². The molecule has 0 unspecified atom stereocenters. The molecule has 2 aromatic rings. The molecule has 0 radical (unpaired) electrons. The zero-order chi connectivity index (χ0) is 12.5. The van der Waals surface area contributed by atoms with Crippen molar-refractivity contribution in [3.63, 3.8) is 0 Å². The molecule has 0 aromatic carbocycles. The van der Waals surface area contributed by atoms with Crippen molar-refractivity contribution in [2.75, 3.05) is 18.0 Å². The van der Waals surface area contributed by atoms with E-state index in [0.717, 1.165) is 26.7 Å². The van der Waals surface area contributed by atoms with Crippen LogP contribution in [0, 0.1) is 0 Å². The van der Waals surface area contributed by atoms with Crippen molar-refractivity contribution in [2.24, 2.45) is 0 Å². The lowest BCUT2D eigenvalue weighted by molar-refractivity contribution is -0.116. The maximum atomic E-state index is 11.2. The molecule has 0 aliphatic carbocycles. The van der Waals surface area contributed by atoms with Gasteiger partial charge >= 0.3 is 0 Å². The number of carbonyl (C=O) groups is 1. The summed E-state index contributed by atoms with van der Waals surface area (Å²) in [6.45, 7) is 1.20. The molecule has 0 spiro atoms. The predicted octanol–water partition coefficient (Wildman–Crippen LogP) is 2.75. The maximum Gasteiger partial charge on any atom is 0.153 e. The van der Waals surface area contributed by atoms with Crippen LogP contribution in [0.3, 0.4) is 0 Å². The lowest BCUT2D eigenvalue weighted by Crippen LogP contribution is -2.20. The molecule has 0 amide bonds. The van der Waals surface area contributed by atoms with Gasteiger partial charge in [-0.2, -0.15) is 0 Å². The van der Waals surface area contributed by atoms with Gasteiger partial charge in [0.15, 0.2) is 11.6 Å². The number of hydrogen-bond donors (Lipinski definition) is 0. The third-order valence-corrected chi connectivity index (χ3v) is 4.47. The second-order valence-corrected chi connectivity index (χ2v) is 6.55. The summed E-state index contributed by atoms with van der Waals surface area (Å²) in [7, 11) is 0. The minimum Gasteiger partial charge on any atom is -0.347 e. The molecule has 1 aliphatic rings. The number of nitrogens with zero attached hydrogens (tertiary/aromatic N) is 3. The Balaban J connectivity index is 1.83. The highest BCUT2D eigenvalue weighted by atomic mass is 79.9. The summed E-state index contributed by atoms with van der Waals surface area (Å²) in [6.07, 6.45) is 0.612. The van der Waals surface area contributed by atoms with Crippen LogP contribution in [-0.4, -0.2) is 29.1 Å². The molecular weight excluding hydrogens is 314 g/mol. The van der Waals surface area contributed by atoms with Crippen molar-refractivity contribution in [1.29, 1.82) is 0 Å². The summed E-state index contributed by atoms with van der Waals surface area (Å²) in [5.41, 5.74) is 0.861. The van der Waals surface area contributed by atoms with Crippen LogP contribution in [0.4, 0.5) is 5.82 Å². The molecular formula is C12H10BrN3OS. The Morgan fingerprint density at radius 3 is 2.67 bits per heavy atom. The molecule has 18 heavy (non-hydrogen) atoms. The van der Waals surface area contributed by atoms with Gasteiger partial charge in [-0.05, 0) is 40.2 Å². The number of thiophene rings is 1. The van der Waals surface area contributed by atoms with Crippen LogP contribution in [-0.2, 0) is 4.79 Å². The fourth-order valence-corrected chi connectivity index (χ4v) is 3.25. The third kappa shape index (κ3) is 2.30. The molecule has 0 atom stereocenters. The van der Waals surface area contributed by atoms with Crippen LogP contribution in [0.25, 0.3) is 10.6 Å². The van der Waals surface area contributed by atoms with Crippen LogP contribution in [0.15, 0.2) is 28.1 Å². The molecule has 1 aliphatic heterocycles. The smallest absolute Gasteiger partial charge is 0.153 e. The second kappa shape index (κ2) is 4.78. The molecule has 3 heterocycles. The van der Waals surface area contributed by atoms with Gasteiger partial charge < -0.3 is 4.90 Å². The van der Waals surface area contributed by atoms with Crippen LogP contribution < -0.4 is 4.90 Å². The van der Waals surface area contributed by atoms with Crippen LogP contribution in [0.2, 0.25) is 0 Å². The van der Waals surface area contributed by atoms with Crippen molar-refractivity contribution in [1.82, 2.24) is 10.2 Å². The first-order valence-corrected chi connectivity index (χ1v) is 7.19. The van der Waals surface area contributed by atoms with Crippen molar-refractivity contribution in [3.8, 4) is 10.6 Å². The molecule has 1 saturated heterocycles. The fourth-order valence-electron chi connectivity index (χ4n) is 1.90. The standard InChI is InChI=1S/C12H10BrN3OS/c13-11-3-2-10(18-11)9-1-4-12(15-14-9)16-6-5-8(17)7-16/h1-4H,5-7H2. The number of Topliss-reactive ketones (excluding diaryl/α,β-unsaturated/α-hetero) is 1. The molecule has 6 heteroatoms. The van der Waals surface area contributed by atoms with Gasteiger partial charge in [0, 0.05) is 13.0 Å². The molecule has 0 N–H and O–H groups in total. The van der Waals surface area contributed by atoms with Gasteiger partial charge in [0.1, 0.15) is 5.69 Å². The van der Waals surface area contributed by atoms with E-state index in [-0.39, 0.29) is 5.78 Å². The number of anilines is 1. The summed E-state index contributed by atoms with van der Waals surface area (Å²) >= 11 is 5.05. The summed E-state index contributed by atoms with van der Waals surface area (Å²) in [6, 6.07) is 7.88. The first-order valence-electron chi connectivity index (χ1n) is 5.58. The van der Waals surface area contributed by atoms with Crippen LogP contribution >= 0.6 is 27.3 Å². The summed E-state index contributed by atoms with van der Waals surface area (Å²) < 4.78 is 1.08. The number of ketones is 1. The topological polar surface area (TPSA) is 46.1 Å². The van der Waals surface area contributed by atoms with Gasteiger partial charge in [0.25, 0.3) is 0 Å². The van der Waals surface area contributed by atoms with Gasteiger partial charge in [-0.15, -0.1) is 21.5 Å². The van der Waals surface area contributed by atoms with E-state index in [2.05, 4.69) is 26.1 Å². The van der Waals surface area contributed by atoms with E-state index in [9.17, 15) is 4.79 Å². The Labute approximate surface area is 117 Å². The quantitative estimate of drug-likeness (QED) is 0.852. The molecule has 92 valence electrons. The zero-order valence-corrected chi connectivity index (χ0v) is 11.9. The Kier molecular flexibility index (Phi) is 3.13. The highest BCUT2D eigenvalue weighted by Gasteiger charge is 2.20. The Bertz CT molecular complexity index is 581. The number of carbonyl (C=O) groups excluding carboxylic acids is 1. The van der Waals surface area contributed by atoms with E-state index in [1.165, 1.54) is 0 Å². The van der Waals surface area contributed by atoms with Crippen molar-refractivity contribution in [3.05, 3.63) is 28.1 Å². The number of hydrogen-bond acceptors (Lipinski definition) is 5. The molecule has 0 saturated carbocycles. The SMILES string of the molecule is O=C1CCN(c2ccc(-c3ccc(Br)s3)nn2)C1. The summed E-state index contributed by atoms with van der Waals surface area (Å²) in [4.78, 5) is 14.3. The Morgan fingerprint density at radius 2 is 2.11 bits per heavy atom. The highest BCUT2D eigenvalue weighted by molar-refractivity contribution is 9.11. The lowest BCUT2D eigenvalue weighted by Gasteiger charge is -2.13. The average Bonchev–Trinajstić information content (AvgIpc) is 2.98. The van der Waals surface area contributed by atoms with E-state index in [1.54, 1.807) is 11.3 Å². The first kappa shape index (κ1) is 11.8. The van der Waals surface area contributed by atoms with Crippen LogP contribution in [0.5, 0.6) is 0 Å². The molecule has 0 bridgehead atoms. The van der Waals surface area contributed by atoms with Gasteiger partial charge in [-0.25, -0.2) is 0 Å². The lowest BCUT2D eigenvalue weighted by atomic mass is 10.3. The first-order chi connectivity index (χ1) is 8.72. The predicted molar refractivity (Wildman–Crippen MR) is 74.9 cm³/mol. The van der Waals surface area contributed by atoms with Gasteiger partial charge in [-0.1, -0.05) is 0 Å². The number of aromatic nitrogens is 2. The van der Waals surface area contributed by atoms with Crippen LogP contribution in [0.1, 0.15) is 6.42 Å². The summed E-state index contributed by atoms with van der Waals surface area (Å²) in [5, 5.41) is 8.41. The minimum atomic E-state index is 0.267. The monoisotopic (exact) mass is 323 g/mol. The van der Waals surface area contributed by atoms with Gasteiger partial charge in [0.2, 0.25) is 0 Å². The second-order valence-electron chi connectivity index (χ2n) is 4.09. The summed E-state index contributed by atoms with van der Waals surface area (Å²) in [5.74, 6) is 1.04. The number of rotatable bonds is 2. The molecule has 2 aromatic heterocycles. The highest BCUT2D eigenvalue weighted by Crippen LogP contribution is 2.30. The normalized spacial score (nSPS) is 15.4. The largest absolute Gasteiger partial charge is 0.347 e. The fraction of sp³-hybridized carbons (Fsp3) is 0.250. The number of halogens is 1. The molecule has 3 rings (SSSR count). The third-order valence-electron chi connectivity index (χ3n) is 2.83. The van der Waals surface area contributed by atoms with Crippen molar-refractivity contribution < 1.29 is 4.79 Å². The maximum absolute atomic E-state index is 11.2. The van der Waals surface area contributed by atoms with E-state index in [4.69, 9.17) is 0 Å². The Morgan fingerprint density at radius 1 is 1.22 bits per heavy atom. The average molecular weight is 324 g/mol. The van der Waals surface area contributed by atoms with E-state index in [0.29, 0.717) is 13.0 Å².